The second kappa shape index (κ2) is 43.5. The van der Waals surface area contributed by atoms with Gasteiger partial charge in [0.2, 0.25) is 0 Å². The van der Waals surface area contributed by atoms with Gasteiger partial charge in [0.1, 0.15) is 0 Å². The number of hydrogen-bond donors (Lipinski definition) is 3. The first-order chi connectivity index (χ1) is 2.00. The first kappa shape index (κ1) is 81.5. The van der Waals surface area contributed by atoms with Gasteiger partial charge in [0.05, 0.1) is 0 Å². The van der Waals surface area contributed by atoms with Crippen LogP contribution in [0.4, 0.5) is 0 Å². The van der Waals surface area contributed by atoms with Gasteiger partial charge in [-0.05, 0) is 0 Å². The molecule has 0 bridgehead atoms. The Balaban J connectivity index is -0.00000000222. The summed E-state index contributed by atoms with van der Waals surface area (Å²) in [5.74, 6) is 0. The Kier molecular flexibility index (Phi) is 254. The van der Waals surface area contributed by atoms with Crippen molar-refractivity contribution in [3.63, 3.8) is 0 Å². The first-order valence-corrected chi connectivity index (χ1v) is 2.35. The Labute approximate surface area is 162 Å². The molecule has 0 aromatic rings. The van der Waals surface area contributed by atoms with E-state index >= 15 is 0 Å². The minimum absolute atomic E-state index is 0. The molecular formula is H17AgO4PReS7. The molecule has 0 spiro atoms. The molecule has 0 aromatic carbocycles. The monoisotopic (exact) mass is 630 g/mol. The summed E-state index contributed by atoms with van der Waals surface area (Å²) >= 11 is 0. The molecule has 0 amide bonds. The van der Waals surface area contributed by atoms with E-state index in [1.807, 2.05) is 0 Å². The van der Waals surface area contributed by atoms with Gasteiger partial charge in [0, 0.05) is 42.8 Å². The molecule has 14 heavy (non-hydrogen) atoms. The van der Waals surface area contributed by atoms with Crippen LogP contribution in [-0.4, -0.2) is 14.7 Å². The van der Waals surface area contributed by atoms with Crippen molar-refractivity contribution >= 4 is 102 Å². The summed E-state index contributed by atoms with van der Waals surface area (Å²) in [7, 11) is -4.64. The van der Waals surface area contributed by atoms with Crippen LogP contribution < -0.4 is 0 Å². The third kappa shape index (κ3) is 228. The summed E-state index contributed by atoms with van der Waals surface area (Å²) in [5, 5.41) is 0. The molecular weight excluding hydrogens is 614 g/mol. The van der Waals surface area contributed by atoms with E-state index in [1.54, 1.807) is 0 Å². The van der Waals surface area contributed by atoms with Crippen LogP contribution in [0.2, 0.25) is 0 Å². The molecule has 0 aliphatic rings. The number of hydrogen-bond acceptors (Lipinski definition) is 1. The minimum Gasteiger partial charge on any atom is -0.303 e. The van der Waals surface area contributed by atoms with Crippen LogP contribution in [0.1, 0.15) is 0 Å². The van der Waals surface area contributed by atoms with Gasteiger partial charge in [-0.1, -0.05) is 0 Å². The standard InChI is InChI=1S/Ag.H3O4P.Re.7H2S/c;1-5(2,3)4;;;;;;;;/h;(H3,1,2,3,4);;7*1H2. The summed E-state index contributed by atoms with van der Waals surface area (Å²) in [6.45, 7) is 0. The number of rotatable bonds is 0. The van der Waals surface area contributed by atoms with Crippen LogP contribution in [-0.2, 0) is 47.4 Å². The third-order valence-corrected chi connectivity index (χ3v) is 0. The fraction of sp³-hybridized carbons (Fsp3) is 0. The van der Waals surface area contributed by atoms with E-state index in [2.05, 4.69) is 0 Å². The van der Waals surface area contributed by atoms with Crippen LogP contribution in [0, 0.1) is 0 Å². The minimum atomic E-state index is -4.64. The molecule has 0 unspecified atom stereocenters. The first-order valence-electron chi connectivity index (χ1n) is 0.783. The van der Waals surface area contributed by atoms with Crippen molar-refractivity contribution in [1.82, 2.24) is 0 Å². The maximum absolute atomic E-state index is 8.88. The summed E-state index contributed by atoms with van der Waals surface area (Å²) < 4.78 is 8.88. The average Bonchev–Trinajstić information content (AvgIpc) is 0.722. The van der Waals surface area contributed by atoms with Crippen LogP contribution in [0.15, 0.2) is 0 Å². The zero-order chi connectivity index (χ0) is 4.50. The molecule has 106 valence electrons. The van der Waals surface area contributed by atoms with Crippen molar-refractivity contribution in [3.05, 3.63) is 0 Å². The molecule has 3 N–H and O–H groups in total. The zero-order valence-electron chi connectivity index (χ0n) is 6.38. The molecule has 14 heteroatoms. The second-order valence-corrected chi connectivity index (χ2v) is 1.54. The Bertz CT molecular complexity index is 71.8. The van der Waals surface area contributed by atoms with E-state index in [-0.39, 0.29) is 137 Å². The average molecular weight is 631 g/mol. The maximum atomic E-state index is 8.88. The van der Waals surface area contributed by atoms with Crippen LogP contribution >= 0.6 is 102 Å². The number of phosphoric acid groups is 1. The van der Waals surface area contributed by atoms with E-state index in [0.29, 0.717) is 0 Å². The smallest absolute Gasteiger partial charge is 0.303 e. The predicted octanol–water partition coefficient (Wildman–Crippen LogP) is -0.144. The molecule has 0 aliphatic heterocycles. The van der Waals surface area contributed by atoms with Crippen molar-refractivity contribution in [2.75, 3.05) is 0 Å². The third-order valence-electron chi connectivity index (χ3n) is 0. The Hall–Kier alpha value is 3.96. The van der Waals surface area contributed by atoms with E-state index < -0.39 is 7.82 Å². The van der Waals surface area contributed by atoms with Crippen molar-refractivity contribution in [3.8, 4) is 0 Å². The molecule has 0 aromatic heterocycles. The van der Waals surface area contributed by atoms with Gasteiger partial charge in [0.25, 0.3) is 0 Å². The normalized spacial score (nSPS) is 4.21. The molecule has 4 nitrogen and oxygen atoms in total. The van der Waals surface area contributed by atoms with Crippen LogP contribution in [0.5, 0.6) is 0 Å². The fourth-order valence-electron chi connectivity index (χ4n) is 0. The van der Waals surface area contributed by atoms with Gasteiger partial charge in [-0.3, -0.25) is 0 Å². The van der Waals surface area contributed by atoms with Gasteiger partial charge in [0.15, 0.2) is 0 Å². The van der Waals surface area contributed by atoms with Gasteiger partial charge in [-0.15, -0.1) is 0 Å². The van der Waals surface area contributed by atoms with Crippen molar-refractivity contribution in [2.24, 2.45) is 0 Å². The molecule has 0 atom stereocenters. The Morgan fingerprint density at radius 2 is 0.643 bits per heavy atom. The van der Waals surface area contributed by atoms with Crippen molar-refractivity contribution < 1.29 is 62.0 Å². The largest absolute Gasteiger partial charge is 0.466 e. The molecule has 0 saturated carbocycles. The van der Waals surface area contributed by atoms with E-state index in [0.717, 1.165) is 0 Å². The fourth-order valence-corrected chi connectivity index (χ4v) is 0. The molecule has 0 fully saturated rings. The second-order valence-electron chi connectivity index (χ2n) is 0.513. The van der Waals surface area contributed by atoms with E-state index in [4.69, 9.17) is 19.2 Å². The quantitative estimate of drug-likeness (QED) is 0.258. The van der Waals surface area contributed by atoms with Gasteiger partial charge in [-0.25, -0.2) is 4.57 Å². The Morgan fingerprint density at radius 3 is 0.643 bits per heavy atom. The molecule has 2 radical (unpaired) electrons. The summed E-state index contributed by atoms with van der Waals surface area (Å²) in [6, 6.07) is 0. The molecule has 0 aliphatic carbocycles. The predicted molar refractivity (Wildman–Crippen MR) is 86.9 cm³/mol. The summed E-state index contributed by atoms with van der Waals surface area (Å²) in [4.78, 5) is 21.6. The van der Waals surface area contributed by atoms with E-state index in [1.165, 1.54) is 0 Å². The van der Waals surface area contributed by atoms with Crippen molar-refractivity contribution in [2.45, 2.75) is 0 Å². The van der Waals surface area contributed by atoms with Crippen LogP contribution in [0.25, 0.3) is 0 Å². The molecule has 0 saturated heterocycles. The topological polar surface area (TPSA) is 77.8 Å². The van der Waals surface area contributed by atoms with Gasteiger partial charge < -0.3 is 14.7 Å². The van der Waals surface area contributed by atoms with Gasteiger partial charge >= 0.3 is 7.82 Å². The molecule has 0 heterocycles. The van der Waals surface area contributed by atoms with E-state index in [9.17, 15) is 0 Å². The maximum Gasteiger partial charge on any atom is 0.466 e. The molecule has 0 rings (SSSR count). The van der Waals surface area contributed by atoms with Gasteiger partial charge in [-0.2, -0.15) is 94.5 Å². The van der Waals surface area contributed by atoms with Crippen LogP contribution in [0.3, 0.4) is 0 Å². The zero-order valence-corrected chi connectivity index (χ0v) is 18.5. The summed E-state index contributed by atoms with van der Waals surface area (Å²) in [5.41, 5.74) is 0. The SMILES string of the molecule is O=P(O)(O)O.S.S.S.S.S.S.S.[Ag].[Re]. The Morgan fingerprint density at radius 1 is 0.643 bits per heavy atom. The van der Waals surface area contributed by atoms with Crippen molar-refractivity contribution in [1.29, 1.82) is 0 Å². The summed E-state index contributed by atoms with van der Waals surface area (Å²) in [6.07, 6.45) is 0.